The molecule has 2 heterocycles. The van der Waals surface area contributed by atoms with Gasteiger partial charge in [-0.25, -0.2) is 12.7 Å². The third-order valence-electron chi connectivity index (χ3n) is 3.63. The number of sulfonamides is 1. The van der Waals surface area contributed by atoms with Crippen molar-refractivity contribution in [1.29, 1.82) is 0 Å². The molecule has 1 unspecified atom stereocenters. The molecule has 0 saturated carbocycles. The van der Waals surface area contributed by atoms with Crippen molar-refractivity contribution in [2.75, 3.05) is 24.8 Å². The van der Waals surface area contributed by atoms with E-state index in [1.165, 1.54) is 0 Å². The first-order chi connectivity index (χ1) is 10.9. The molecule has 2 amide bonds. The first-order valence-corrected chi connectivity index (χ1v) is 8.94. The number of hydrogen-bond donors (Lipinski definition) is 1. The predicted octanol–water partition coefficient (Wildman–Crippen LogP) is 0.347. The van der Waals surface area contributed by atoms with Gasteiger partial charge in [0.1, 0.15) is 19.3 Å². The molecule has 0 radical (unpaired) electrons. The Kier molecular flexibility index (Phi) is 3.88. The number of benzene rings is 1. The predicted molar refractivity (Wildman–Crippen MR) is 80.8 cm³/mol. The van der Waals surface area contributed by atoms with Crippen LogP contribution in [-0.4, -0.2) is 50.0 Å². The Morgan fingerprint density at radius 2 is 1.96 bits per heavy atom. The molecule has 0 aliphatic carbocycles. The van der Waals surface area contributed by atoms with Gasteiger partial charge >= 0.3 is 0 Å². The van der Waals surface area contributed by atoms with E-state index in [0.717, 1.165) is 6.26 Å². The normalized spacial score (nSPS) is 20.5. The van der Waals surface area contributed by atoms with Gasteiger partial charge in [0.05, 0.1) is 6.26 Å². The first-order valence-electron chi connectivity index (χ1n) is 7.09. The molecule has 0 spiro atoms. The summed E-state index contributed by atoms with van der Waals surface area (Å²) in [6, 6.07) is 3.88. The summed E-state index contributed by atoms with van der Waals surface area (Å²) in [6.45, 7) is 0.885. The molecule has 1 saturated heterocycles. The van der Waals surface area contributed by atoms with Crippen molar-refractivity contribution in [2.45, 2.75) is 18.9 Å². The Labute approximate surface area is 133 Å². The summed E-state index contributed by atoms with van der Waals surface area (Å²) in [5, 5.41) is 2.62. The second-order valence-corrected chi connectivity index (χ2v) is 7.21. The minimum Gasteiger partial charge on any atom is -0.486 e. The summed E-state index contributed by atoms with van der Waals surface area (Å²) < 4.78 is 34.9. The summed E-state index contributed by atoms with van der Waals surface area (Å²) in [7, 11) is -3.77. The molecule has 0 bridgehead atoms. The van der Waals surface area contributed by atoms with Gasteiger partial charge in [-0.1, -0.05) is 0 Å². The lowest BCUT2D eigenvalue weighted by Crippen LogP contribution is -2.44. The molecule has 23 heavy (non-hydrogen) atoms. The number of nitrogens with zero attached hydrogens (tertiary/aromatic N) is 1. The fourth-order valence-electron chi connectivity index (χ4n) is 2.66. The summed E-state index contributed by atoms with van der Waals surface area (Å²) in [5.74, 6) is -0.00708. The van der Waals surface area contributed by atoms with Crippen molar-refractivity contribution in [2.24, 2.45) is 0 Å². The number of ether oxygens (including phenoxy) is 2. The standard InChI is InChI=1S/C14H16N2O6S/c1-23(19,20)16-10(3-5-13(16)17)14(18)15-9-2-4-11-12(8-9)22-7-6-21-11/h2,4,8,10H,3,5-7H2,1H3,(H,15,18). The number of hydrogen-bond acceptors (Lipinski definition) is 6. The van der Waals surface area contributed by atoms with Gasteiger partial charge in [0.2, 0.25) is 21.8 Å². The Morgan fingerprint density at radius 3 is 2.65 bits per heavy atom. The maximum Gasteiger partial charge on any atom is 0.248 e. The smallest absolute Gasteiger partial charge is 0.248 e. The second kappa shape index (κ2) is 5.73. The molecule has 1 fully saturated rings. The largest absolute Gasteiger partial charge is 0.486 e. The summed E-state index contributed by atoms with van der Waals surface area (Å²) in [5.41, 5.74) is 0.451. The zero-order valence-corrected chi connectivity index (χ0v) is 13.3. The third kappa shape index (κ3) is 3.09. The van der Waals surface area contributed by atoms with Crippen LogP contribution < -0.4 is 14.8 Å². The lowest BCUT2D eigenvalue weighted by atomic mass is 10.2. The highest BCUT2D eigenvalue weighted by Crippen LogP contribution is 2.33. The van der Waals surface area contributed by atoms with Crippen molar-refractivity contribution >= 4 is 27.5 Å². The zero-order chi connectivity index (χ0) is 16.6. The Balaban J connectivity index is 1.78. The molecule has 1 aromatic carbocycles. The maximum absolute atomic E-state index is 12.3. The van der Waals surface area contributed by atoms with Gasteiger partial charge < -0.3 is 14.8 Å². The van der Waals surface area contributed by atoms with Gasteiger partial charge in [-0.3, -0.25) is 9.59 Å². The van der Waals surface area contributed by atoms with Crippen molar-refractivity contribution in [3.05, 3.63) is 18.2 Å². The Bertz CT molecular complexity index is 761. The van der Waals surface area contributed by atoms with Crippen LogP contribution in [0.1, 0.15) is 12.8 Å². The molecule has 3 rings (SSSR count). The highest BCUT2D eigenvalue weighted by Gasteiger charge is 2.41. The van der Waals surface area contributed by atoms with Gasteiger partial charge in [-0.15, -0.1) is 0 Å². The van der Waals surface area contributed by atoms with E-state index >= 15 is 0 Å². The quantitative estimate of drug-likeness (QED) is 0.852. The van der Waals surface area contributed by atoms with Gasteiger partial charge in [0.25, 0.3) is 0 Å². The van der Waals surface area contributed by atoms with Gasteiger partial charge in [0, 0.05) is 18.2 Å². The highest BCUT2D eigenvalue weighted by atomic mass is 32.2. The monoisotopic (exact) mass is 340 g/mol. The molecule has 124 valence electrons. The van der Waals surface area contributed by atoms with Crippen molar-refractivity contribution in [1.82, 2.24) is 4.31 Å². The van der Waals surface area contributed by atoms with Gasteiger partial charge in [0.15, 0.2) is 11.5 Å². The van der Waals surface area contributed by atoms with Crippen LogP contribution in [0, 0.1) is 0 Å². The number of anilines is 1. The number of rotatable bonds is 3. The van der Waals surface area contributed by atoms with Crippen LogP contribution in [0.4, 0.5) is 5.69 Å². The molecule has 1 aromatic rings. The van der Waals surface area contributed by atoms with Crippen LogP contribution in [0.3, 0.4) is 0 Å². The first kappa shape index (κ1) is 15.6. The van der Waals surface area contributed by atoms with E-state index in [9.17, 15) is 18.0 Å². The SMILES string of the molecule is CS(=O)(=O)N1C(=O)CCC1C(=O)Nc1ccc2c(c1)OCCO2. The molecule has 2 aliphatic heterocycles. The van der Waals surface area contributed by atoms with Gasteiger partial charge in [-0.2, -0.15) is 0 Å². The maximum atomic E-state index is 12.3. The molecule has 9 heteroatoms. The molecular formula is C14H16N2O6S. The van der Waals surface area contributed by atoms with Crippen LogP contribution in [0.2, 0.25) is 0 Å². The summed E-state index contributed by atoms with van der Waals surface area (Å²) in [6.07, 6.45) is 1.12. The van der Waals surface area contributed by atoms with Crippen LogP contribution >= 0.6 is 0 Å². The average molecular weight is 340 g/mol. The zero-order valence-electron chi connectivity index (χ0n) is 12.4. The van der Waals surface area contributed by atoms with Crippen LogP contribution in [-0.2, 0) is 19.6 Å². The van der Waals surface area contributed by atoms with E-state index in [2.05, 4.69) is 5.32 Å². The third-order valence-corrected chi connectivity index (χ3v) is 4.80. The lowest BCUT2D eigenvalue weighted by Gasteiger charge is -2.22. The number of nitrogens with one attached hydrogen (secondary N) is 1. The molecular weight excluding hydrogens is 324 g/mol. The van der Waals surface area contributed by atoms with Gasteiger partial charge in [-0.05, 0) is 18.6 Å². The van der Waals surface area contributed by atoms with E-state index in [1.54, 1.807) is 18.2 Å². The van der Waals surface area contributed by atoms with E-state index < -0.39 is 27.9 Å². The van der Waals surface area contributed by atoms with E-state index in [4.69, 9.17) is 9.47 Å². The Hall–Kier alpha value is -2.29. The highest BCUT2D eigenvalue weighted by molar-refractivity contribution is 7.89. The summed E-state index contributed by atoms with van der Waals surface area (Å²) in [4.78, 5) is 24.1. The van der Waals surface area contributed by atoms with E-state index in [-0.39, 0.29) is 12.8 Å². The van der Waals surface area contributed by atoms with Crippen LogP contribution in [0.15, 0.2) is 18.2 Å². The van der Waals surface area contributed by atoms with Crippen molar-refractivity contribution < 1.29 is 27.5 Å². The van der Waals surface area contributed by atoms with Crippen LogP contribution in [0.5, 0.6) is 11.5 Å². The molecule has 2 aliphatic rings. The molecule has 1 atom stereocenters. The number of amides is 2. The second-order valence-electron chi connectivity index (χ2n) is 5.35. The fourth-order valence-corrected chi connectivity index (χ4v) is 3.79. The molecule has 0 aromatic heterocycles. The number of carbonyl (C=O) groups excluding carboxylic acids is 2. The van der Waals surface area contributed by atoms with E-state index in [0.29, 0.717) is 34.7 Å². The summed E-state index contributed by atoms with van der Waals surface area (Å²) >= 11 is 0. The minimum atomic E-state index is -3.77. The van der Waals surface area contributed by atoms with E-state index in [1.807, 2.05) is 0 Å². The average Bonchev–Trinajstić information content (AvgIpc) is 2.89. The molecule has 8 nitrogen and oxygen atoms in total. The Morgan fingerprint density at radius 1 is 1.26 bits per heavy atom. The minimum absolute atomic E-state index is 0.0340. The van der Waals surface area contributed by atoms with Crippen molar-refractivity contribution in [3.8, 4) is 11.5 Å². The van der Waals surface area contributed by atoms with Crippen molar-refractivity contribution in [3.63, 3.8) is 0 Å². The fraction of sp³-hybridized carbons (Fsp3) is 0.429. The number of fused-ring (bicyclic) bond motifs is 1. The van der Waals surface area contributed by atoms with Crippen LogP contribution in [0.25, 0.3) is 0 Å². The lowest BCUT2D eigenvalue weighted by molar-refractivity contribution is -0.128. The molecule has 1 N–H and O–H groups in total. The topological polar surface area (TPSA) is 102 Å². The number of carbonyl (C=O) groups is 2.